The Kier molecular flexibility index (Phi) is 2.97. The Bertz CT molecular complexity index is 510. The molecule has 1 aromatic rings. The summed E-state index contributed by atoms with van der Waals surface area (Å²) in [5.41, 5.74) is 0.853. The van der Waals surface area contributed by atoms with E-state index in [4.69, 9.17) is 5.11 Å². The summed E-state index contributed by atoms with van der Waals surface area (Å²) >= 11 is 3.28. The number of hydrogen-bond acceptors (Lipinski definition) is 3. The number of carbonyl (C=O) groups is 2. The van der Waals surface area contributed by atoms with Gasteiger partial charge in [0.25, 0.3) is 5.91 Å². The van der Waals surface area contributed by atoms with Gasteiger partial charge in [-0.3, -0.25) is 9.59 Å². The van der Waals surface area contributed by atoms with E-state index >= 15 is 0 Å². The van der Waals surface area contributed by atoms with E-state index in [1.165, 1.54) is 6.92 Å². The molecule has 1 heterocycles. The fraction of sp³-hybridized carbons (Fsp3) is 0.182. The molecule has 1 atom stereocenters. The molecule has 1 unspecified atom stereocenters. The molecule has 0 aromatic heterocycles. The number of hydrogen-bond donors (Lipinski definition) is 1. The predicted octanol–water partition coefficient (Wildman–Crippen LogP) is 1.87. The lowest BCUT2D eigenvalue weighted by atomic mass is 10.1. The number of carboxylic acids is 1. The van der Waals surface area contributed by atoms with Gasteiger partial charge >= 0.3 is 5.97 Å². The fourth-order valence-corrected chi connectivity index (χ4v) is 1.88. The van der Waals surface area contributed by atoms with Gasteiger partial charge in [-0.15, -0.1) is 0 Å². The summed E-state index contributed by atoms with van der Waals surface area (Å²) in [5, 5.41) is 14.0. The van der Waals surface area contributed by atoms with Crippen molar-refractivity contribution in [2.75, 3.05) is 5.01 Å². The van der Waals surface area contributed by atoms with E-state index in [1.807, 2.05) is 0 Å². The first-order valence-electron chi connectivity index (χ1n) is 4.88. The van der Waals surface area contributed by atoms with E-state index in [1.54, 1.807) is 24.3 Å². The number of anilines is 1. The van der Waals surface area contributed by atoms with Crippen LogP contribution in [0.25, 0.3) is 0 Å². The van der Waals surface area contributed by atoms with Crippen molar-refractivity contribution in [2.24, 2.45) is 11.0 Å². The van der Waals surface area contributed by atoms with Gasteiger partial charge in [-0.1, -0.05) is 15.9 Å². The van der Waals surface area contributed by atoms with Crippen LogP contribution >= 0.6 is 15.9 Å². The number of amides is 1. The molecule has 5 nitrogen and oxygen atoms in total. The summed E-state index contributed by atoms with van der Waals surface area (Å²) in [4.78, 5) is 22.8. The average Bonchev–Trinajstić information content (AvgIpc) is 2.55. The molecule has 17 heavy (non-hydrogen) atoms. The molecule has 0 bridgehead atoms. The Morgan fingerprint density at radius 1 is 1.41 bits per heavy atom. The number of nitrogens with zero attached hydrogens (tertiary/aromatic N) is 2. The van der Waals surface area contributed by atoms with Gasteiger partial charge < -0.3 is 5.11 Å². The maximum Gasteiger partial charge on any atom is 0.322 e. The molecule has 2 rings (SSSR count). The van der Waals surface area contributed by atoms with Crippen molar-refractivity contribution in [1.82, 2.24) is 0 Å². The highest BCUT2D eigenvalue weighted by Gasteiger charge is 2.39. The third kappa shape index (κ3) is 2.08. The number of hydrazone groups is 1. The smallest absolute Gasteiger partial charge is 0.322 e. The number of aliphatic carboxylic acids is 1. The first-order valence-corrected chi connectivity index (χ1v) is 5.67. The second-order valence-electron chi connectivity index (χ2n) is 3.64. The topological polar surface area (TPSA) is 70.0 Å². The summed E-state index contributed by atoms with van der Waals surface area (Å²) in [6.07, 6.45) is 0. The van der Waals surface area contributed by atoms with Crippen molar-refractivity contribution in [2.45, 2.75) is 6.92 Å². The highest BCUT2D eigenvalue weighted by molar-refractivity contribution is 9.10. The molecule has 1 aromatic carbocycles. The highest BCUT2D eigenvalue weighted by atomic mass is 79.9. The number of carboxylic acid groups (broad SMARTS) is 1. The first kappa shape index (κ1) is 11.8. The summed E-state index contributed by atoms with van der Waals surface area (Å²) in [6, 6.07) is 6.93. The van der Waals surface area contributed by atoms with E-state index in [-0.39, 0.29) is 0 Å². The minimum absolute atomic E-state index is 0.297. The SMILES string of the molecule is CC1=NN(c2ccc(Br)cc2)C(=O)C1C(=O)O. The quantitative estimate of drug-likeness (QED) is 0.847. The van der Waals surface area contributed by atoms with E-state index in [0.29, 0.717) is 11.4 Å². The van der Waals surface area contributed by atoms with Gasteiger partial charge in [0, 0.05) is 4.47 Å². The molecular weight excluding hydrogens is 288 g/mol. The van der Waals surface area contributed by atoms with Gasteiger partial charge in [-0.05, 0) is 31.2 Å². The second-order valence-corrected chi connectivity index (χ2v) is 4.55. The summed E-state index contributed by atoms with van der Waals surface area (Å²) in [5.74, 6) is -2.87. The van der Waals surface area contributed by atoms with Crippen LogP contribution in [0.2, 0.25) is 0 Å². The van der Waals surface area contributed by atoms with Crippen molar-refractivity contribution in [3.8, 4) is 0 Å². The predicted molar refractivity (Wildman–Crippen MR) is 65.9 cm³/mol. The lowest BCUT2D eigenvalue weighted by molar-refractivity contribution is -0.142. The fourth-order valence-electron chi connectivity index (χ4n) is 1.62. The van der Waals surface area contributed by atoms with Crippen molar-refractivity contribution >= 4 is 39.2 Å². The van der Waals surface area contributed by atoms with Crippen LogP contribution < -0.4 is 5.01 Å². The van der Waals surface area contributed by atoms with Crippen LogP contribution in [0, 0.1) is 5.92 Å². The molecule has 0 saturated heterocycles. The zero-order chi connectivity index (χ0) is 12.6. The van der Waals surface area contributed by atoms with E-state index in [9.17, 15) is 9.59 Å². The highest BCUT2D eigenvalue weighted by Crippen LogP contribution is 2.25. The van der Waals surface area contributed by atoms with Crippen molar-refractivity contribution < 1.29 is 14.7 Å². The lowest BCUT2D eigenvalue weighted by Gasteiger charge is -2.12. The van der Waals surface area contributed by atoms with Crippen LogP contribution in [0.1, 0.15) is 6.92 Å². The first-order chi connectivity index (χ1) is 8.00. The van der Waals surface area contributed by atoms with E-state index in [0.717, 1.165) is 9.48 Å². The Labute approximate surface area is 106 Å². The maximum absolute atomic E-state index is 11.9. The number of halogens is 1. The molecule has 0 saturated carbocycles. The van der Waals surface area contributed by atoms with Crippen molar-refractivity contribution in [1.29, 1.82) is 0 Å². The molecule has 1 aliphatic rings. The van der Waals surface area contributed by atoms with Gasteiger partial charge in [-0.2, -0.15) is 10.1 Å². The van der Waals surface area contributed by atoms with Crippen LogP contribution in [0.15, 0.2) is 33.8 Å². The van der Waals surface area contributed by atoms with Crippen LogP contribution in [-0.4, -0.2) is 22.7 Å². The third-order valence-corrected chi connectivity index (χ3v) is 2.98. The normalized spacial score (nSPS) is 19.4. The Balaban J connectivity index is 2.34. The molecular formula is C11H9BrN2O3. The number of benzene rings is 1. The molecule has 6 heteroatoms. The minimum atomic E-state index is -1.17. The van der Waals surface area contributed by atoms with E-state index < -0.39 is 17.8 Å². The van der Waals surface area contributed by atoms with Gasteiger partial charge in [0.1, 0.15) is 0 Å². The lowest BCUT2D eigenvalue weighted by Crippen LogP contribution is -2.32. The van der Waals surface area contributed by atoms with E-state index in [2.05, 4.69) is 21.0 Å². The largest absolute Gasteiger partial charge is 0.480 e. The van der Waals surface area contributed by atoms with Gasteiger partial charge in [0.15, 0.2) is 5.92 Å². The molecule has 0 radical (unpaired) electrons. The standard InChI is InChI=1S/C11H9BrN2O3/c1-6-9(11(16)17)10(15)14(13-6)8-4-2-7(12)3-5-8/h2-5,9H,1H3,(H,16,17). The van der Waals surface area contributed by atoms with Crippen molar-refractivity contribution in [3.05, 3.63) is 28.7 Å². The number of carbonyl (C=O) groups excluding carboxylic acids is 1. The Hall–Kier alpha value is -1.69. The molecule has 88 valence electrons. The van der Waals surface area contributed by atoms with Crippen LogP contribution in [0.3, 0.4) is 0 Å². The zero-order valence-corrected chi connectivity index (χ0v) is 10.5. The monoisotopic (exact) mass is 296 g/mol. The minimum Gasteiger partial charge on any atom is -0.480 e. The van der Waals surface area contributed by atoms with Crippen LogP contribution in [-0.2, 0) is 9.59 Å². The molecule has 1 N–H and O–H groups in total. The van der Waals surface area contributed by atoms with Crippen molar-refractivity contribution in [3.63, 3.8) is 0 Å². The maximum atomic E-state index is 11.9. The summed E-state index contributed by atoms with van der Waals surface area (Å²) < 4.78 is 0.878. The molecule has 0 spiro atoms. The summed E-state index contributed by atoms with van der Waals surface area (Å²) in [7, 11) is 0. The van der Waals surface area contributed by atoms with Gasteiger partial charge in [0.2, 0.25) is 0 Å². The van der Waals surface area contributed by atoms with Crippen LogP contribution in [0.4, 0.5) is 5.69 Å². The zero-order valence-electron chi connectivity index (χ0n) is 8.92. The Morgan fingerprint density at radius 2 is 2.00 bits per heavy atom. The Morgan fingerprint density at radius 3 is 2.47 bits per heavy atom. The molecule has 1 amide bonds. The van der Waals surface area contributed by atoms with Crippen LogP contribution in [0.5, 0.6) is 0 Å². The number of rotatable bonds is 2. The second kappa shape index (κ2) is 4.29. The van der Waals surface area contributed by atoms with Gasteiger partial charge in [-0.25, -0.2) is 0 Å². The average molecular weight is 297 g/mol. The molecule has 0 aliphatic carbocycles. The molecule has 1 aliphatic heterocycles. The summed E-state index contributed by atoms with van der Waals surface area (Å²) in [6.45, 7) is 1.54. The third-order valence-electron chi connectivity index (χ3n) is 2.45. The van der Waals surface area contributed by atoms with Gasteiger partial charge in [0.05, 0.1) is 11.4 Å². The molecule has 0 fully saturated rings.